The van der Waals surface area contributed by atoms with E-state index in [9.17, 15) is 0 Å². The number of hydrogen-bond donors (Lipinski definition) is 1. The largest absolute Gasteiger partial charge is 2.00 e. The summed E-state index contributed by atoms with van der Waals surface area (Å²) in [7, 11) is 0. The van der Waals surface area contributed by atoms with E-state index in [4.69, 9.17) is 11.6 Å². The van der Waals surface area contributed by atoms with Crippen molar-refractivity contribution in [2.24, 2.45) is 0 Å². The molecule has 118 valence electrons. The van der Waals surface area contributed by atoms with Gasteiger partial charge in [0.2, 0.25) is 0 Å². The number of nitrogens with one attached hydrogen (secondary N) is 1. The van der Waals surface area contributed by atoms with Crippen LogP contribution in [0.3, 0.4) is 0 Å². The minimum atomic E-state index is 0. The van der Waals surface area contributed by atoms with Crippen LogP contribution in [0.25, 0.3) is 0 Å². The summed E-state index contributed by atoms with van der Waals surface area (Å²) in [6.07, 6.45) is 20.4. The molecule has 0 unspecified atom stereocenters. The summed E-state index contributed by atoms with van der Waals surface area (Å²) in [5, 5.41) is 4.07. The van der Waals surface area contributed by atoms with E-state index in [2.05, 4.69) is 46.8 Å². The maximum absolute atomic E-state index is 6.07. The average molecular weight is 478 g/mol. The molecule has 1 aromatic carbocycles. The van der Waals surface area contributed by atoms with E-state index in [1.165, 1.54) is 9.50 Å². The molecule has 23 heavy (non-hydrogen) atoms. The molecule has 0 spiro atoms. The number of para-hydroxylation sites is 1. The first kappa shape index (κ1) is 21.3. The molecule has 2 fully saturated rings. The Morgan fingerprint density at radius 3 is 2.09 bits per heavy atom. The maximum Gasteiger partial charge on any atom is 2.00 e. The Morgan fingerprint density at radius 2 is 1.52 bits per heavy atom. The van der Waals surface area contributed by atoms with Gasteiger partial charge in [0.1, 0.15) is 0 Å². The summed E-state index contributed by atoms with van der Waals surface area (Å²) in [6.45, 7) is 0.787. The standard InChI is InChI=1S/C14H12ClIN.C5H5.Fe/c15-13-7-3-4-8-14(13)17-10-12(16)9-11-5-1-2-6-11;1-2-4-5-3-1;/h1-9,17H,10H2;1-5H;/q;;+2/b12-9-;;. The van der Waals surface area contributed by atoms with E-state index in [1.54, 1.807) is 0 Å². The van der Waals surface area contributed by atoms with Crippen molar-refractivity contribution in [3.63, 3.8) is 0 Å². The second-order valence-corrected chi connectivity index (χ2v) is 6.40. The topological polar surface area (TPSA) is 12.0 Å². The minimum absolute atomic E-state index is 0. The van der Waals surface area contributed by atoms with Crippen LogP contribution < -0.4 is 5.32 Å². The van der Waals surface area contributed by atoms with Gasteiger partial charge in [-0.05, 0) is 92.5 Å². The fourth-order valence-electron chi connectivity index (χ4n) is 1.82. The molecule has 2 aliphatic carbocycles. The van der Waals surface area contributed by atoms with E-state index < -0.39 is 0 Å². The predicted molar refractivity (Wildman–Crippen MR) is 104 cm³/mol. The molecule has 0 heterocycles. The van der Waals surface area contributed by atoms with Crippen molar-refractivity contribution in [2.75, 3.05) is 11.9 Å². The summed E-state index contributed by atoms with van der Waals surface area (Å²) in [5.41, 5.74) is 0.972. The zero-order valence-corrected chi connectivity index (χ0v) is 16.4. The summed E-state index contributed by atoms with van der Waals surface area (Å²) in [4.78, 5) is 0. The number of hydrogen-bond acceptors (Lipinski definition) is 1. The molecule has 0 aliphatic heterocycles. The van der Waals surface area contributed by atoms with Gasteiger partial charge in [0.15, 0.2) is 0 Å². The Balaban J connectivity index is 0.000000377. The Morgan fingerprint density at radius 1 is 0.957 bits per heavy atom. The second kappa shape index (κ2) is 12.6. The van der Waals surface area contributed by atoms with Gasteiger partial charge in [-0.15, -0.1) is 0 Å². The molecule has 2 aliphatic rings. The SMILES string of the molecule is Clc1ccccc1NC/C(I)=C/[C]1[CH][CH][CH][CH]1.[CH]1[CH][CH][CH][CH]1.[Fe+2]. The molecule has 10 radical (unpaired) electrons. The number of allylic oxidation sites excluding steroid dienone is 1. The third kappa shape index (κ3) is 8.81. The van der Waals surface area contributed by atoms with Gasteiger partial charge in [-0.1, -0.05) is 29.8 Å². The van der Waals surface area contributed by atoms with Crippen molar-refractivity contribution in [1.29, 1.82) is 0 Å². The van der Waals surface area contributed by atoms with Gasteiger partial charge < -0.3 is 5.32 Å². The maximum atomic E-state index is 6.07. The molecule has 0 aromatic heterocycles. The normalized spacial score (nSPS) is 18.1. The molecule has 0 saturated heterocycles. The zero-order valence-electron chi connectivity index (χ0n) is 12.4. The Hall–Kier alpha value is 0.299. The van der Waals surface area contributed by atoms with Crippen LogP contribution in [0.1, 0.15) is 0 Å². The molecule has 4 heteroatoms. The third-order valence-corrected chi connectivity index (χ3v) is 3.91. The molecule has 1 N–H and O–H groups in total. The van der Waals surface area contributed by atoms with E-state index >= 15 is 0 Å². The molecular weight excluding hydrogens is 460 g/mol. The minimum Gasteiger partial charge on any atom is -0.379 e. The molecule has 0 atom stereocenters. The van der Waals surface area contributed by atoms with Gasteiger partial charge in [0, 0.05) is 16.0 Å². The summed E-state index contributed by atoms with van der Waals surface area (Å²) >= 11 is 8.40. The smallest absolute Gasteiger partial charge is 0.379 e. The van der Waals surface area contributed by atoms with Crippen molar-refractivity contribution in [1.82, 2.24) is 0 Å². The van der Waals surface area contributed by atoms with Crippen LogP contribution in [-0.4, -0.2) is 6.54 Å². The summed E-state index contributed by atoms with van der Waals surface area (Å²) in [5.74, 6) is 1.23. The van der Waals surface area contributed by atoms with E-state index in [0.29, 0.717) is 0 Å². The van der Waals surface area contributed by atoms with Crippen LogP contribution in [0.2, 0.25) is 5.02 Å². The van der Waals surface area contributed by atoms with Crippen molar-refractivity contribution in [2.45, 2.75) is 0 Å². The van der Waals surface area contributed by atoms with Crippen LogP contribution in [0.15, 0.2) is 33.9 Å². The molecule has 3 rings (SSSR count). The molecule has 1 aromatic rings. The third-order valence-electron chi connectivity index (χ3n) is 2.89. The summed E-state index contributed by atoms with van der Waals surface area (Å²) in [6, 6.07) is 7.77. The van der Waals surface area contributed by atoms with E-state index in [1.807, 2.05) is 69.2 Å². The Kier molecular flexibility index (Phi) is 11.7. The number of benzene rings is 1. The van der Waals surface area contributed by atoms with Gasteiger partial charge in [0.05, 0.1) is 10.7 Å². The van der Waals surface area contributed by atoms with Gasteiger partial charge in [-0.2, -0.15) is 0 Å². The summed E-state index contributed by atoms with van der Waals surface area (Å²) < 4.78 is 1.24. The van der Waals surface area contributed by atoms with Crippen molar-refractivity contribution in [3.05, 3.63) is 103 Å². The van der Waals surface area contributed by atoms with Crippen LogP contribution in [0.5, 0.6) is 0 Å². The predicted octanol–water partition coefficient (Wildman–Crippen LogP) is 5.50. The van der Waals surface area contributed by atoms with Crippen molar-refractivity contribution in [3.8, 4) is 0 Å². The Bertz CT molecular complexity index is 461. The first-order valence-corrected chi connectivity index (χ1v) is 8.44. The van der Waals surface area contributed by atoms with Crippen molar-refractivity contribution >= 4 is 39.9 Å². The van der Waals surface area contributed by atoms with E-state index in [-0.39, 0.29) is 17.1 Å². The monoisotopic (exact) mass is 477 g/mol. The molecule has 0 bridgehead atoms. The fraction of sp³-hybridized carbons (Fsp3) is 0.0526. The number of anilines is 1. The number of rotatable bonds is 4. The first-order valence-electron chi connectivity index (χ1n) is 6.98. The van der Waals surface area contributed by atoms with Crippen molar-refractivity contribution < 1.29 is 17.1 Å². The molecular formula is C19H17ClFeIN+2. The van der Waals surface area contributed by atoms with Gasteiger partial charge in [-0.25, -0.2) is 0 Å². The fourth-order valence-corrected chi connectivity index (χ4v) is 2.57. The van der Waals surface area contributed by atoms with Crippen LogP contribution in [0, 0.1) is 63.7 Å². The second-order valence-electron chi connectivity index (χ2n) is 4.61. The number of halogens is 2. The van der Waals surface area contributed by atoms with E-state index in [0.717, 1.165) is 17.3 Å². The molecule has 1 nitrogen and oxygen atoms in total. The van der Waals surface area contributed by atoms with Gasteiger partial charge >= 0.3 is 17.1 Å². The molecule has 0 amide bonds. The quantitative estimate of drug-likeness (QED) is 0.446. The molecule has 2 saturated carbocycles. The zero-order chi connectivity index (χ0) is 15.6. The van der Waals surface area contributed by atoms with Crippen LogP contribution in [-0.2, 0) is 17.1 Å². The van der Waals surface area contributed by atoms with Crippen LogP contribution in [0.4, 0.5) is 5.69 Å². The Labute approximate surface area is 170 Å². The van der Waals surface area contributed by atoms with Gasteiger partial charge in [-0.3, -0.25) is 0 Å². The average Bonchev–Trinajstić information content (AvgIpc) is 3.22. The van der Waals surface area contributed by atoms with Gasteiger partial charge in [0.25, 0.3) is 0 Å². The van der Waals surface area contributed by atoms with Crippen LogP contribution >= 0.6 is 34.2 Å². The first-order chi connectivity index (χ1) is 10.8.